The number of nitrogens with two attached hydrogens (primary N) is 1. The Labute approximate surface area is 175 Å². The third kappa shape index (κ3) is 6.04. The Morgan fingerprint density at radius 2 is 1.81 bits per heavy atom. The van der Waals surface area contributed by atoms with Gasteiger partial charge in [0.1, 0.15) is 17.7 Å². The number of nitro groups is 1. The summed E-state index contributed by atoms with van der Waals surface area (Å²) < 4.78 is 32.0. The molecule has 0 heterocycles. The van der Waals surface area contributed by atoms with Crippen molar-refractivity contribution in [1.82, 2.24) is 5.32 Å². The molecule has 0 saturated heterocycles. The molecule has 0 aromatic heterocycles. The van der Waals surface area contributed by atoms with Crippen molar-refractivity contribution in [2.24, 2.45) is 5.73 Å². The number of nitrogens with zero attached hydrogens (tertiary/aromatic N) is 1. The molecule has 2 atom stereocenters. The number of nitrogens with one attached hydrogen (secondary N) is 1. The molecule has 0 aliphatic heterocycles. The van der Waals surface area contributed by atoms with Crippen molar-refractivity contribution >= 4 is 23.5 Å². The fourth-order valence-electron chi connectivity index (χ4n) is 2.93. The van der Waals surface area contributed by atoms with Crippen molar-refractivity contribution in [2.45, 2.75) is 25.3 Å². The molecule has 9 nitrogen and oxygen atoms in total. The molecule has 0 bridgehead atoms. The number of amides is 2. The quantitative estimate of drug-likeness (QED) is 0.351. The van der Waals surface area contributed by atoms with E-state index < -0.39 is 58.3 Å². The zero-order chi connectivity index (χ0) is 23.1. The zero-order valence-electron chi connectivity index (χ0n) is 16.3. The van der Waals surface area contributed by atoms with Gasteiger partial charge >= 0.3 is 5.97 Å². The first-order chi connectivity index (χ1) is 14.6. The Morgan fingerprint density at radius 3 is 2.32 bits per heavy atom. The predicted octanol–water partition coefficient (Wildman–Crippen LogP) is 2.19. The van der Waals surface area contributed by atoms with Crippen molar-refractivity contribution < 1.29 is 32.8 Å². The Bertz CT molecular complexity index is 997. The smallest absolute Gasteiger partial charge is 0.306 e. The fraction of sp³-hybridized carbons (Fsp3) is 0.250. The van der Waals surface area contributed by atoms with Gasteiger partial charge in [-0.15, -0.1) is 0 Å². The number of halogens is 2. The number of hydrogen-bond donors (Lipinski definition) is 2. The summed E-state index contributed by atoms with van der Waals surface area (Å²) in [7, 11) is 0. The standard InChI is InChI=1S/C20H19F2N3O6/c1-2-31-17(26)10-15(11-3-6-13(7-4-11)25(29)30)18(19(23)27)24-20(28)14-8-5-12(21)9-16(14)22/h3-9,15,18H,2,10H2,1H3,(H2,23,27)(H,24,28)/t15-,18-/m1/s1. The lowest BCUT2D eigenvalue weighted by Gasteiger charge is -2.25. The van der Waals surface area contributed by atoms with Crippen molar-refractivity contribution in [1.29, 1.82) is 0 Å². The van der Waals surface area contributed by atoms with Gasteiger partial charge in [-0.05, 0) is 24.6 Å². The second-order valence-corrected chi connectivity index (χ2v) is 6.44. The van der Waals surface area contributed by atoms with Crippen molar-refractivity contribution in [3.05, 3.63) is 75.3 Å². The third-order valence-corrected chi connectivity index (χ3v) is 4.40. The number of carbonyl (C=O) groups is 3. The molecule has 164 valence electrons. The molecule has 0 fully saturated rings. The van der Waals surface area contributed by atoms with E-state index in [9.17, 15) is 33.3 Å². The minimum Gasteiger partial charge on any atom is -0.466 e. The van der Waals surface area contributed by atoms with Crippen LogP contribution in [0.3, 0.4) is 0 Å². The van der Waals surface area contributed by atoms with Crippen molar-refractivity contribution in [3.63, 3.8) is 0 Å². The first-order valence-corrected chi connectivity index (χ1v) is 9.09. The van der Waals surface area contributed by atoms with E-state index in [4.69, 9.17) is 10.5 Å². The molecular weight excluding hydrogens is 416 g/mol. The maximum absolute atomic E-state index is 14.0. The van der Waals surface area contributed by atoms with Gasteiger partial charge in [0.25, 0.3) is 11.6 Å². The van der Waals surface area contributed by atoms with Crippen LogP contribution in [-0.4, -0.2) is 35.4 Å². The lowest BCUT2D eigenvalue weighted by molar-refractivity contribution is -0.384. The molecule has 2 amide bonds. The number of non-ortho nitro benzene ring substituents is 1. The summed E-state index contributed by atoms with van der Waals surface area (Å²) in [6, 6.07) is 5.70. The normalized spacial score (nSPS) is 12.5. The number of primary amides is 1. The van der Waals surface area contributed by atoms with Crippen molar-refractivity contribution in [3.8, 4) is 0 Å². The van der Waals surface area contributed by atoms with Gasteiger partial charge in [-0.3, -0.25) is 24.5 Å². The summed E-state index contributed by atoms with van der Waals surface area (Å²) in [5.41, 5.74) is 4.94. The molecule has 0 saturated carbocycles. The minimum absolute atomic E-state index is 0.0558. The van der Waals surface area contributed by atoms with E-state index in [-0.39, 0.29) is 17.9 Å². The zero-order valence-corrected chi connectivity index (χ0v) is 16.3. The van der Waals surface area contributed by atoms with Gasteiger partial charge in [-0.2, -0.15) is 0 Å². The maximum atomic E-state index is 14.0. The minimum atomic E-state index is -1.50. The van der Waals surface area contributed by atoms with Crippen LogP contribution >= 0.6 is 0 Å². The molecule has 3 N–H and O–H groups in total. The van der Waals surface area contributed by atoms with Crippen molar-refractivity contribution in [2.75, 3.05) is 6.61 Å². The molecule has 0 unspecified atom stereocenters. The monoisotopic (exact) mass is 435 g/mol. The van der Waals surface area contributed by atoms with Crippen LogP contribution in [-0.2, 0) is 14.3 Å². The van der Waals surface area contributed by atoms with E-state index in [1.54, 1.807) is 6.92 Å². The van der Waals surface area contributed by atoms with E-state index in [1.807, 2.05) is 0 Å². The molecule has 0 aliphatic carbocycles. The highest BCUT2D eigenvalue weighted by Gasteiger charge is 2.33. The van der Waals surface area contributed by atoms with Gasteiger partial charge in [-0.1, -0.05) is 12.1 Å². The maximum Gasteiger partial charge on any atom is 0.306 e. The molecule has 31 heavy (non-hydrogen) atoms. The number of esters is 1. The van der Waals surface area contributed by atoms with Gasteiger partial charge in [0.15, 0.2) is 0 Å². The van der Waals surface area contributed by atoms with Crippen LogP contribution in [0.2, 0.25) is 0 Å². The van der Waals surface area contributed by atoms with Gasteiger partial charge < -0.3 is 15.8 Å². The number of carbonyl (C=O) groups excluding carboxylic acids is 3. The molecular formula is C20H19F2N3O6. The highest BCUT2D eigenvalue weighted by molar-refractivity contribution is 5.98. The van der Waals surface area contributed by atoms with Crippen LogP contribution in [0.15, 0.2) is 42.5 Å². The molecule has 2 aromatic rings. The average Bonchev–Trinajstić information content (AvgIpc) is 2.70. The summed E-state index contributed by atoms with van der Waals surface area (Å²) in [5, 5.41) is 13.1. The third-order valence-electron chi connectivity index (χ3n) is 4.40. The SMILES string of the molecule is CCOC(=O)C[C@H](c1ccc([N+](=O)[O-])cc1)[C@@H](NC(=O)c1ccc(F)cc1F)C(N)=O. The number of nitro benzene ring substituents is 1. The number of benzene rings is 2. The lowest BCUT2D eigenvalue weighted by Crippen LogP contribution is -2.49. The number of rotatable bonds is 9. The Hall–Kier alpha value is -3.89. The van der Waals surface area contributed by atoms with Crippen LogP contribution in [0.4, 0.5) is 14.5 Å². The lowest BCUT2D eigenvalue weighted by atomic mass is 9.87. The molecule has 0 radical (unpaired) electrons. The molecule has 11 heteroatoms. The second-order valence-electron chi connectivity index (χ2n) is 6.44. The Morgan fingerprint density at radius 1 is 1.16 bits per heavy atom. The van der Waals surface area contributed by atoms with Crippen LogP contribution < -0.4 is 11.1 Å². The highest BCUT2D eigenvalue weighted by atomic mass is 19.1. The summed E-state index contributed by atoms with van der Waals surface area (Å²) in [6.45, 7) is 1.63. The van der Waals surface area contributed by atoms with Gasteiger partial charge in [0.05, 0.1) is 23.5 Å². The summed E-state index contributed by atoms with van der Waals surface area (Å²) >= 11 is 0. The number of hydrogen-bond acceptors (Lipinski definition) is 6. The second kappa shape index (κ2) is 10.2. The average molecular weight is 435 g/mol. The van der Waals surface area contributed by atoms with E-state index in [0.717, 1.165) is 24.3 Å². The summed E-state index contributed by atoms with van der Waals surface area (Å²) in [4.78, 5) is 47.0. The fourth-order valence-corrected chi connectivity index (χ4v) is 2.93. The van der Waals surface area contributed by atoms with E-state index in [2.05, 4.69) is 5.32 Å². The highest BCUT2D eigenvalue weighted by Crippen LogP contribution is 2.27. The first kappa shape index (κ1) is 23.4. The molecule has 0 spiro atoms. The van der Waals surface area contributed by atoms with E-state index >= 15 is 0 Å². The molecule has 2 aromatic carbocycles. The topological polar surface area (TPSA) is 142 Å². The van der Waals surface area contributed by atoms with Crippen LogP contribution in [0.1, 0.15) is 35.2 Å². The first-order valence-electron chi connectivity index (χ1n) is 9.09. The summed E-state index contributed by atoms with van der Waals surface area (Å²) in [5.74, 6) is -5.92. The van der Waals surface area contributed by atoms with Gasteiger partial charge in [0, 0.05) is 24.1 Å². The van der Waals surface area contributed by atoms with Gasteiger partial charge in [0.2, 0.25) is 5.91 Å². The predicted molar refractivity (Wildman–Crippen MR) is 104 cm³/mol. The van der Waals surface area contributed by atoms with E-state index in [1.165, 1.54) is 12.1 Å². The largest absolute Gasteiger partial charge is 0.466 e. The Kier molecular flexibility index (Phi) is 7.72. The molecule has 2 rings (SSSR count). The van der Waals surface area contributed by atoms with Crippen LogP contribution in [0.5, 0.6) is 0 Å². The van der Waals surface area contributed by atoms with Gasteiger partial charge in [-0.25, -0.2) is 8.78 Å². The van der Waals surface area contributed by atoms with E-state index in [0.29, 0.717) is 6.07 Å². The summed E-state index contributed by atoms with van der Waals surface area (Å²) in [6.07, 6.45) is -0.397. The van der Waals surface area contributed by atoms with Crippen LogP contribution in [0.25, 0.3) is 0 Å². The number of ether oxygens (including phenoxy) is 1. The van der Waals surface area contributed by atoms with Crippen LogP contribution in [0, 0.1) is 21.7 Å². The molecule has 0 aliphatic rings. The Balaban J connectivity index is 2.40.